The van der Waals surface area contributed by atoms with Crippen LogP contribution in [0.15, 0.2) is 6.33 Å². The molecule has 3 aromatic rings. The minimum atomic E-state index is 0.0357. The number of piperazine rings is 1. The van der Waals surface area contributed by atoms with Crippen LogP contribution in [0.1, 0.15) is 18.7 Å². The molecule has 1 amide bonds. The molecule has 238 valence electrons. The Bertz CT molecular complexity index is 1440. The van der Waals surface area contributed by atoms with Crippen LogP contribution in [0.4, 0.5) is 23.5 Å². The normalized spacial score (nSPS) is 18.0. The topological polar surface area (TPSA) is 143 Å². The van der Waals surface area contributed by atoms with Crippen LogP contribution >= 0.6 is 0 Å². The first-order valence-corrected chi connectivity index (χ1v) is 15.2. The van der Waals surface area contributed by atoms with E-state index in [1.54, 1.807) is 32.6 Å². The van der Waals surface area contributed by atoms with Crippen molar-refractivity contribution in [2.24, 2.45) is 0 Å². The molecule has 3 aliphatic rings. The number of nitrogens with zero attached hydrogens (tertiary/aromatic N) is 12. The van der Waals surface area contributed by atoms with Crippen molar-refractivity contribution in [3.8, 4) is 0 Å². The number of hydrogen-bond donors (Lipinski definition) is 0. The Kier molecular flexibility index (Phi) is 9.18. The highest BCUT2D eigenvalue weighted by Gasteiger charge is 2.31. The highest BCUT2D eigenvalue weighted by molar-refractivity contribution is 5.96. The first kappa shape index (κ1) is 30.1. The van der Waals surface area contributed by atoms with E-state index in [0.29, 0.717) is 87.8 Å². The minimum Gasteiger partial charge on any atom is -0.383 e. The number of methoxy groups -OCH3 is 3. The number of likely N-dealkylation sites (N-methyl/N-ethyl adjacent to an activating group) is 1. The van der Waals surface area contributed by atoms with Crippen LogP contribution in [-0.4, -0.2) is 146 Å². The summed E-state index contributed by atoms with van der Waals surface area (Å²) < 4.78 is 18.4. The maximum absolute atomic E-state index is 12.9. The Labute approximate surface area is 256 Å². The number of anilines is 4. The lowest BCUT2D eigenvalue weighted by Crippen LogP contribution is -2.49. The Balaban J connectivity index is 1.51. The molecule has 16 heteroatoms. The van der Waals surface area contributed by atoms with E-state index in [9.17, 15) is 4.79 Å². The summed E-state index contributed by atoms with van der Waals surface area (Å²) in [5.74, 6) is 3.40. The first-order valence-electron chi connectivity index (χ1n) is 15.2. The molecule has 0 aromatic carbocycles. The van der Waals surface area contributed by atoms with Gasteiger partial charge in [0.2, 0.25) is 17.8 Å². The number of carbonyl (C=O) groups excluding carboxylic acids is 1. The van der Waals surface area contributed by atoms with Crippen LogP contribution in [-0.2, 0) is 32.1 Å². The fourth-order valence-corrected chi connectivity index (χ4v) is 5.88. The summed E-state index contributed by atoms with van der Waals surface area (Å²) in [5.41, 5.74) is 1.29. The molecular formula is C28H42N12O4. The molecule has 6 heterocycles. The van der Waals surface area contributed by atoms with Crippen LogP contribution < -0.4 is 19.6 Å². The molecule has 2 fully saturated rings. The van der Waals surface area contributed by atoms with E-state index in [0.717, 1.165) is 37.6 Å². The van der Waals surface area contributed by atoms with Gasteiger partial charge in [-0.05, 0) is 12.8 Å². The van der Waals surface area contributed by atoms with E-state index in [1.165, 1.54) is 0 Å². The van der Waals surface area contributed by atoms with Gasteiger partial charge in [-0.25, -0.2) is 19.6 Å². The Hall–Kier alpha value is -3.89. The largest absolute Gasteiger partial charge is 0.383 e. The average Bonchev–Trinajstić information content (AvgIpc) is 3.53. The van der Waals surface area contributed by atoms with Gasteiger partial charge >= 0.3 is 0 Å². The number of hydrogen-bond acceptors (Lipinski definition) is 14. The summed E-state index contributed by atoms with van der Waals surface area (Å²) in [6.45, 7) is 7.06. The summed E-state index contributed by atoms with van der Waals surface area (Å²) in [4.78, 5) is 48.1. The van der Waals surface area contributed by atoms with Crippen molar-refractivity contribution in [1.29, 1.82) is 0 Å². The lowest BCUT2D eigenvalue weighted by Gasteiger charge is -2.36. The predicted molar refractivity (Wildman–Crippen MR) is 164 cm³/mol. The highest BCUT2D eigenvalue weighted by Crippen LogP contribution is 2.35. The molecule has 2 saturated heterocycles. The number of piperidine rings is 1. The minimum absolute atomic E-state index is 0.0357. The third-order valence-electron chi connectivity index (χ3n) is 8.62. The smallest absolute Gasteiger partial charge is 0.241 e. The molecule has 0 saturated carbocycles. The summed E-state index contributed by atoms with van der Waals surface area (Å²) in [6.07, 6.45) is 3.56. The second-order valence-electron chi connectivity index (χ2n) is 11.3. The van der Waals surface area contributed by atoms with Crippen molar-refractivity contribution in [2.75, 3.05) is 114 Å². The number of fused-ring (bicyclic) bond motifs is 2. The average molecular weight is 611 g/mol. The van der Waals surface area contributed by atoms with Gasteiger partial charge in [0, 0.05) is 74.2 Å². The highest BCUT2D eigenvalue weighted by atomic mass is 16.5. The zero-order chi connectivity index (χ0) is 30.6. The van der Waals surface area contributed by atoms with Gasteiger partial charge in [-0.15, -0.1) is 0 Å². The Morgan fingerprint density at radius 2 is 1.52 bits per heavy atom. The van der Waals surface area contributed by atoms with Gasteiger partial charge in [-0.2, -0.15) is 15.1 Å². The van der Waals surface area contributed by atoms with Crippen molar-refractivity contribution in [3.05, 3.63) is 12.2 Å². The molecule has 0 N–H and O–H groups in total. The third kappa shape index (κ3) is 6.19. The molecule has 16 nitrogen and oxygen atoms in total. The van der Waals surface area contributed by atoms with Gasteiger partial charge < -0.3 is 38.7 Å². The van der Waals surface area contributed by atoms with E-state index in [-0.39, 0.29) is 18.6 Å². The molecule has 3 aromatic heterocycles. The number of carbonyl (C=O) groups is 1. The van der Waals surface area contributed by atoms with Crippen LogP contribution in [0.3, 0.4) is 0 Å². The molecule has 0 spiro atoms. The summed E-state index contributed by atoms with van der Waals surface area (Å²) >= 11 is 0. The van der Waals surface area contributed by atoms with Crippen molar-refractivity contribution in [3.63, 3.8) is 0 Å². The fraction of sp³-hybridized carbons (Fsp3) is 0.679. The first-order chi connectivity index (χ1) is 21.5. The lowest BCUT2D eigenvalue weighted by atomic mass is 10.1. The Morgan fingerprint density at radius 3 is 2.23 bits per heavy atom. The maximum atomic E-state index is 12.9. The van der Waals surface area contributed by atoms with Crippen molar-refractivity contribution in [2.45, 2.75) is 32.0 Å². The summed E-state index contributed by atoms with van der Waals surface area (Å²) in [6, 6.07) is 0. The zero-order valence-electron chi connectivity index (χ0n) is 26.1. The number of amides is 1. The van der Waals surface area contributed by atoms with Crippen LogP contribution in [0.25, 0.3) is 11.0 Å². The van der Waals surface area contributed by atoms with E-state index < -0.39 is 0 Å². The van der Waals surface area contributed by atoms with E-state index in [1.807, 2.05) is 16.6 Å². The molecule has 0 atom stereocenters. The van der Waals surface area contributed by atoms with Gasteiger partial charge in [0.25, 0.3) is 0 Å². The van der Waals surface area contributed by atoms with Crippen LogP contribution in [0, 0.1) is 0 Å². The van der Waals surface area contributed by atoms with Gasteiger partial charge in [0.15, 0.2) is 11.6 Å². The van der Waals surface area contributed by atoms with Crippen molar-refractivity contribution < 1.29 is 19.0 Å². The zero-order valence-corrected chi connectivity index (χ0v) is 26.1. The Morgan fingerprint density at radius 1 is 0.818 bits per heavy atom. The van der Waals surface area contributed by atoms with Crippen LogP contribution in [0.5, 0.6) is 0 Å². The lowest BCUT2D eigenvalue weighted by molar-refractivity contribution is -0.129. The van der Waals surface area contributed by atoms with Gasteiger partial charge in [-0.1, -0.05) is 0 Å². The summed E-state index contributed by atoms with van der Waals surface area (Å²) in [5, 5.41) is 4.33. The molecule has 0 radical (unpaired) electrons. The van der Waals surface area contributed by atoms with E-state index in [2.05, 4.69) is 24.8 Å². The molecule has 44 heavy (non-hydrogen) atoms. The van der Waals surface area contributed by atoms with Crippen molar-refractivity contribution >= 4 is 40.5 Å². The number of ether oxygens (including phenoxy) is 3. The number of aromatic nitrogens is 7. The van der Waals surface area contributed by atoms with Gasteiger partial charge in [0.05, 0.1) is 39.0 Å². The van der Waals surface area contributed by atoms with Crippen LogP contribution in [0.2, 0.25) is 0 Å². The number of rotatable bonds is 11. The molecular weight excluding hydrogens is 568 g/mol. The fourth-order valence-electron chi connectivity index (χ4n) is 5.88. The van der Waals surface area contributed by atoms with Gasteiger partial charge in [0.1, 0.15) is 23.2 Å². The second-order valence-corrected chi connectivity index (χ2v) is 11.3. The quantitative estimate of drug-likeness (QED) is 0.288. The second kappa shape index (κ2) is 13.4. The molecule has 0 unspecified atom stereocenters. The molecule has 0 aliphatic carbocycles. The monoisotopic (exact) mass is 610 g/mol. The third-order valence-corrected chi connectivity index (χ3v) is 8.62. The molecule has 3 aliphatic heterocycles. The van der Waals surface area contributed by atoms with Crippen molar-refractivity contribution in [1.82, 2.24) is 39.6 Å². The predicted octanol–water partition coefficient (Wildman–Crippen LogP) is 0.0243. The summed E-state index contributed by atoms with van der Waals surface area (Å²) in [7, 11) is 6.97. The van der Waals surface area contributed by atoms with E-state index >= 15 is 0 Å². The van der Waals surface area contributed by atoms with E-state index in [4.69, 9.17) is 34.1 Å². The maximum Gasteiger partial charge on any atom is 0.241 e. The standard InChI is InChI=1S/C28H42N12O4/c1-35-9-10-38(18-22(35)41)26-24-23(32-28(34-26)39-11-12-40-21(17-39)29-19-30-40)25(36-7-5-20(44-4)6-8-36)33-27(31-24)37(13-15-42-2)14-16-43-3/h19-20H,5-18H2,1-4H3. The van der Waals surface area contributed by atoms with Gasteiger partial charge in [-0.3, -0.25) is 4.79 Å². The molecule has 0 bridgehead atoms. The molecule has 6 rings (SSSR count). The SMILES string of the molecule is COCCN(CCOC)c1nc(N2CCC(OC)CC2)c2nc(N3CCn4ncnc4C3)nc(N3CCN(C)C(=O)C3)c2n1.